The van der Waals surface area contributed by atoms with Gasteiger partial charge in [-0.25, -0.2) is 4.98 Å². The Kier molecular flexibility index (Phi) is 4.05. The molecule has 1 saturated carbocycles. The van der Waals surface area contributed by atoms with Crippen LogP contribution in [0.25, 0.3) is 11.0 Å². The van der Waals surface area contributed by atoms with Gasteiger partial charge in [0.1, 0.15) is 11.3 Å². The number of carbonyl (C=O) groups excluding carboxylic acids is 1. The molecule has 2 aromatic rings. The van der Waals surface area contributed by atoms with Crippen molar-refractivity contribution >= 4 is 16.9 Å². The van der Waals surface area contributed by atoms with Crippen molar-refractivity contribution in [2.45, 2.75) is 51.7 Å². The highest BCUT2D eigenvalue weighted by atomic mass is 19.4. The second-order valence-corrected chi connectivity index (χ2v) is 7.21. The number of H-pyrrole nitrogens is 1. The number of carbonyl (C=O) groups is 1. The van der Waals surface area contributed by atoms with Crippen LogP contribution in [-0.4, -0.2) is 21.9 Å². The lowest BCUT2D eigenvalue weighted by Gasteiger charge is -2.34. The van der Waals surface area contributed by atoms with E-state index >= 15 is 0 Å². The number of amides is 1. The number of aromatic nitrogens is 2. The fourth-order valence-electron chi connectivity index (χ4n) is 3.20. The first kappa shape index (κ1) is 16.8. The molecule has 1 aliphatic carbocycles. The van der Waals surface area contributed by atoms with Gasteiger partial charge in [-0.3, -0.25) is 4.79 Å². The standard InChI is InChI=1S/C17H20F3N3O/c1-16(2)6-3-10(4-7-16)22-15(24)13-9-11-12(17(18,19)20)5-8-21-14(11)23-13/h5,8-10H,3-4,6-7H2,1-2H3,(H,21,23)(H,22,24). The smallest absolute Gasteiger partial charge is 0.348 e. The molecule has 0 saturated heterocycles. The lowest BCUT2D eigenvalue weighted by molar-refractivity contribution is -0.136. The molecule has 0 atom stereocenters. The fraction of sp³-hybridized carbons (Fsp3) is 0.529. The van der Waals surface area contributed by atoms with Gasteiger partial charge in [0.25, 0.3) is 5.91 Å². The van der Waals surface area contributed by atoms with E-state index in [4.69, 9.17) is 0 Å². The summed E-state index contributed by atoms with van der Waals surface area (Å²) in [5, 5.41) is 2.83. The van der Waals surface area contributed by atoms with E-state index in [2.05, 4.69) is 29.1 Å². The van der Waals surface area contributed by atoms with Crippen LogP contribution in [0, 0.1) is 5.41 Å². The van der Waals surface area contributed by atoms with Crippen molar-refractivity contribution in [3.63, 3.8) is 0 Å². The Morgan fingerprint density at radius 3 is 2.62 bits per heavy atom. The number of alkyl halides is 3. The molecule has 1 fully saturated rings. The van der Waals surface area contributed by atoms with E-state index in [0.717, 1.165) is 37.9 Å². The van der Waals surface area contributed by atoms with Gasteiger partial charge in [0, 0.05) is 17.6 Å². The largest absolute Gasteiger partial charge is 0.417 e. The van der Waals surface area contributed by atoms with E-state index in [9.17, 15) is 18.0 Å². The van der Waals surface area contributed by atoms with Crippen LogP contribution in [0.1, 0.15) is 55.6 Å². The van der Waals surface area contributed by atoms with Crippen LogP contribution in [0.2, 0.25) is 0 Å². The average molecular weight is 339 g/mol. The van der Waals surface area contributed by atoms with Crippen LogP contribution >= 0.6 is 0 Å². The first-order valence-electron chi connectivity index (χ1n) is 8.01. The van der Waals surface area contributed by atoms with Crippen LogP contribution in [0.5, 0.6) is 0 Å². The molecule has 2 aromatic heterocycles. The van der Waals surface area contributed by atoms with Crippen LogP contribution in [0.3, 0.4) is 0 Å². The third-order valence-corrected chi connectivity index (χ3v) is 4.76. The molecule has 130 valence electrons. The molecule has 4 nitrogen and oxygen atoms in total. The molecular weight excluding hydrogens is 319 g/mol. The van der Waals surface area contributed by atoms with Gasteiger partial charge in [0.05, 0.1) is 5.56 Å². The summed E-state index contributed by atoms with van der Waals surface area (Å²) in [5.41, 5.74) is -0.325. The zero-order valence-corrected chi connectivity index (χ0v) is 13.6. The molecule has 7 heteroatoms. The van der Waals surface area contributed by atoms with Crippen LogP contribution in [0.15, 0.2) is 18.3 Å². The normalized spacial score (nSPS) is 18.7. The van der Waals surface area contributed by atoms with Crippen molar-refractivity contribution in [2.24, 2.45) is 5.41 Å². The summed E-state index contributed by atoms with van der Waals surface area (Å²) in [5.74, 6) is -0.383. The maximum absolute atomic E-state index is 13.0. The fourth-order valence-corrected chi connectivity index (χ4v) is 3.20. The Morgan fingerprint density at radius 1 is 1.33 bits per heavy atom. The van der Waals surface area contributed by atoms with Gasteiger partial charge in [-0.1, -0.05) is 13.8 Å². The Balaban J connectivity index is 1.79. The van der Waals surface area contributed by atoms with E-state index in [-0.39, 0.29) is 34.1 Å². The molecule has 0 radical (unpaired) electrons. The van der Waals surface area contributed by atoms with Crippen molar-refractivity contribution in [2.75, 3.05) is 0 Å². The van der Waals surface area contributed by atoms with Crippen molar-refractivity contribution in [1.82, 2.24) is 15.3 Å². The van der Waals surface area contributed by atoms with Gasteiger partial charge in [0.2, 0.25) is 0 Å². The van der Waals surface area contributed by atoms with E-state index in [1.807, 2.05) is 0 Å². The second kappa shape index (κ2) is 5.79. The highest BCUT2D eigenvalue weighted by molar-refractivity contribution is 5.98. The highest BCUT2D eigenvalue weighted by Gasteiger charge is 2.34. The maximum atomic E-state index is 13.0. The number of rotatable bonds is 2. The molecule has 0 spiro atoms. The Morgan fingerprint density at radius 2 is 2.00 bits per heavy atom. The molecule has 0 aliphatic heterocycles. The molecule has 0 aromatic carbocycles. The predicted molar refractivity (Wildman–Crippen MR) is 84.6 cm³/mol. The Hall–Kier alpha value is -2.05. The number of aromatic amines is 1. The third kappa shape index (κ3) is 3.39. The summed E-state index contributed by atoms with van der Waals surface area (Å²) < 4.78 is 39.1. The molecule has 2 N–H and O–H groups in total. The number of hydrogen-bond donors (Lipinski definition) is 2. The average Bonchev–Trinajstić information content (AvgIpc) is 2.92. The van der Waals surface area contributed by atoms with Gasteiger partial charge in [-0.15, -0.1) is 0 Å². The third-order valence-electron chi connectivity index (χ3n) is 4.76. The van der Waals surface area contributed by atoms with Gasteiger partial charge in [-0.05, 0) is 43.2 Å². The summed E-state index contributed by atoms with van der Waals surface area (Å²) in [6.45, 7) is 4.40. The second-order valence-electron chi connectivity index (χ2n) is 7.21. The zero-order valence-electron chi connectivity index (χ0n) is 13.6. The summed E-state index contributed by atoms with van der Waals surface area (Å²) in [6, 6.07) is 2.21. The van der Waals surface area contributed by atoms with Crippen LogP contribution in [-0.2, 0) is 6.18 Å². The predicted octanol–water partition coefficient (Wildman–Crippen LogP) is 4.28. The number of nitrogens with one attached hydrogen (secondary N) is 2. The molecule has 0 unspecified atom stereocenters. The maximum Gasteiger partial charge on any atom is 0.417 e. The first-order valence-corrected chi connectivity index (χ1v) is 8.01. The van der Waals surface area contributed by atoms with Gasteiger partial charge in [0.15, 0.2) is 0 Å². The van der Waals surface area contributed by atoms with E-state index in [1.54, 1.807) is 0 Å². The number of halogens is 3. The number of hydrogen-bond acceptors (Lipinski definition) is 2. The molecular formula is C17H20F3N3O. The SMILES string of the molecule is CC1(C)CCC(NC(=O)c2cc3c(C(F)(F)F)ccnc3[nH]2)CC1. The molecule has 0 bridgehead atoms. The quantitative estimate of drug-likeness (QED) is 0.858. The van der Waals surface area contributed by atoms with Crippen molar-refractivity contribution in [1.29, 1.82) is 0 Å². The topological polar surface area (TPSA) is 57.8 Å². The van der Waals surface area contributed by atoms with E-state index < -0.39 is 11.7 Å². The van der Waals surface area contributed by atoms with E-state index in [0.29, 0.717) is 0 Å². The van der Waals surface area contributed by atoms with Crippen LogP contribution in [0.4, 0.5) is 13.2 Å². The van der Waals surface area contributed by atoms with Crippen LogP contribution < -0.4 is 5.32 Å². The minimum atomic E-state index is -4.48. The Bertz CT molecular complexity index is 754. The molecule has 1 amide bonds. The lowest BCUT2D eigenvalue weighted by Crippen LogP contribution is -2.39. The minimum absolute atomic E-state index is 0.0620. The minimum Gasteiger partial charge on any atom is -0.348 e. The lowest BCUT2D eigenvalue weighted by atomic mass is 9.75. The summed E-state index contributed by atoms with van der Waals surface area (Å²) in [4.78, 5) is 18.9. The van der Waals surface area contributed by atoms with Gasteiger partial charge >= 0.3 is 6.18 Å². The number of fused-ring (bicyclic) bond motifs is 1. The van der Waals surface area contributed by atoms with Crippen molar-refractivity contribution in [3.05, 3.63) is 29.6 Å². The molecule has 2 heterocycles. The number of pyridine rings is 1. The summed E-state index contributed by atoms with van der Waals surface area (Å²) in [7, 11) is 0. The first-order chi connectivity index (χ1) is 11.2. The monoisotopic (exact) mass is 339 g/mol. The van der Waals surface area contributed by atoms with Gasteiger partial charge in [-0.2, -0.15) is 13.2 Å². The van der Waals surface area contributed by atoms with Crippen molar-refractivity contribution < 1.29 is 18.0 Å². The molecule has 24 heavy (non-hydrogen) atoms. The summed E-state index contributed by atoms with van der Waals surface area (Å²) >= 11 is 0. The molecule has 3 rings (SSSR count). The van der Waals surface area contributed by atoms with Crippen molar-refractivity contribution in [3.8, 4) is 0 Å². The summed E-state index contributed by atoms with van der Waals surface area (Å²) in [6.07, 6.45) is 0.406. The van der Waals surface area contributed by atoms with E-state index in [1.165, 1.54) is 6.07 Å². The van der Waals surface area contributed by atoms with Gasteiger partial charge < -0.3 is 10.3 Å². The zero-order chi connectivity index (χ0) is 17.5. The molecule has 1 aliphatic rings. The number of nitrogens with zero attached hydrogens (tertiary/aromatic N) is 1. The highest BCUT2D eigenvalue weighted by Crippen LogP contribution is 2.36. The Labute approximate surface area is 137 Å².